The number of rotatable bonds is 3. The van der Waals surface area contributed by atoms with Gasteiger partial charge in [-0.3, -0.25) is 9.78 Å². The fraction of sp³-hybridized carbons (Fsp3) is 0.235. The van der Waals surface area contributed by atoms with Crippen LogP contribution in [0.15, 0.2) is 49.1 Å². The molecule has 5 nitrogen and oxygen atoms in total. The number of carbonyl (C=O) groups excluding carboxylic acids is 1. The van der Waals surface area contributed by atoms with Crippen LogP contribution in [0, 0.1) is 6.92 Å². The van der Waals surface area contributed by atoms with Crippen LogP contribution in [0.5, 0.6) is 0 Å². The maximum Gasteiger partial charge on any atom is 0.253 e. The second-order valence-corrected chi connectivity index (χ2v) is 5.88. The minimum absolute atomic E-state index is 0.124. The largest absolute Gasteiger partial charge is 0.343 e. The molecule has 1 amide bonds. The van der Waals surface area contributed by atoms with E-state index >= 15 is 0 Å². The standard InChI is InChI=1S/C17H18N4O/c1-12-4-6-14(10-19-12)17(2,3)20-16(22)13-5-7-15-18-8-9-21(15)11-13/h4-11H,1-3H3,(H,20,22). The first kappa shape index (κ1) is 14.3. The molecule has 3 rings (SSSR count). The summed E-state index contributed by atoms with van der Waals surface area (Å²) in [6.07, 6.45) is 7.11. The van der Waals surface area contributed by atoms with Crippen molar-refractivity contribution in [3.63, 3.8) is 0 Å². The number of carbonyl (C=O) groups is 1. The number of fused-ring (bicyclic) bond motifs is 1. The predicted molar refractivity (Wildman–Crippen MR) is 84.7 cm³/mol. The Kier molecular flexibility index (Phi) is 3.41. The van der Waals surface area contributed by atoms with Gasteiger partial charge in [0.15, 0.2) is 0 Å². The summed E-state index contributed by atoms with van der Waals surface area (Å²) in [5.41, 5.74) is 2.84. The molecule has 5 heteroatoms. The lowest BCUT2D eigenvalue weighted by Gasteiger charge is -2.26. The molecule has 3 heterocycles. The molecule has 22 heavy (non-hydrogen) atoms. The zero-order valence-corrected chi connectivity index (χ0v) is 12.9. The summed E-state index contributed by atoms with van der Waals surface area (Å²) < 4.78 is 1.83. The third-order valence-electron chi connectivity index (χ3n) is 3.71. The highest BCUT2D eigenvalue weighted by Gasteiger charge is 2.24. The van der Waals surface area contributed by atoms with Gasteiger partial charge < -0.3 is 9.72 Å². The summed E-state index contributed by atoms with van der Waals surface area (Å²) in [6, 6.07) is 7.54. The number of aromatic nitrogens is 3. The van der Waals surface area contributed by atoms with E-state index in [4.69, 9.17) is 0 Å². The third kappa shape index (κ3) is 2.70. The first-order valence-corrected chi connectivity index (χ1v) is 7.14. The topological polar surface area (TPSA) is 59.3 Å². The lowest BCUT2D eigenvalue weighted by Crippen LogP contribution is -2.41. The Morgan fingerprint density at radius 2 is 2.00 bits per heavy atom. The Labute approximate surface area is 129 Å². The van der Waals surface area contributed by atoms with Crippen molar-refractivity contribution >= 4 is 11.6 Å². The molecule has 0 atom stereocenters. The summed E-state index contributed by atoms with van der Waals surface area (Å²) in [7, 11) is 0. The van der Waals surface area contributed by atoms with Crippen LogP contribution in [0.2, 0.25) is 0 Å². The molecule has 112 valence electrons. The molecule has 0 aliphatic heterocycles. The second kappa shape index (κ2) is 5.26. The van der Waals surface area contributed by atoms with Gasteiger partial charge in [-0.2, -0.15) is 0 Å². The monoisotopic (exact) mass is 294 g/mol. The van der Waals surface area contributed by atoms with Gasteiger partial charge in [0.2, 0.25) is 0 Å². The normalized spacial score (nSPS) is 11.6. The number of nitrogens with zero attached hydrogens (tertiary/aromatic N) is 3. The Balaban J connectivity index is 1.84. The van der Waals surface area contributed by atoms with E-state index in [2.05, 4.69) is 15.3 Å². The van der Waals surface area contributed by atoms with E-state index in [-0.39, 0.29) is 5.91 Å². The molecule has 0 aliphatic carbocycles. The molecule has 1 N–H and O–H groups in total. The Bertz CT molecular complexity index is 818. The predicted octanol–water partition coefficient (Wildman–Crippen LogP) is 2.70. The molecule has 3 aromatic heterocycles. The highest BCUT2D eigenvalue weighted by atomic mass is 16.1. The minimum Gasteiger partial charge on any atom is -0.343 e. The summed E-state index contributed by atoms with van der Waals surface area (Å²) >= 11 is 0. The number of amides is 1. The van der Waals surface area contributed by atoms with Crippen LogP contribution in [0.4, 0.5) is 0 Å². The Morgan fingerprint density at radius 1 is 1.18 bits per heavy atom. The fourth-order valence-electron chi connectivity index (χ4n) is 2.32. The van der Waals surface area contributed by atoms with Crippen LogP contribution in [-0.4, -0.2) is 20.3 Å². The molecule has 0 bridgehead atoms. The fourth-order valence-corrected chi connectivity index (χ4v) is 2.32. The van der Waals surface area contributed by atoms with Gasteiger partial charge in [0.25, 0.3) is 5.91 Å². The summed E-state index contributed by atoms with van der Waals surface area (Å²) in [5, 5.41) is 3.05. The molecular formula is C17H18N4O. The lowest BCUT2D eigenvalue weighted by molar-refractivity contribution is 0.0911. The van der Waals surface area contributed by atoms with Crippen molar-refractivity contribution in [2.75, 3.05) is 0 Å². The van der Waals surface area contributed by atoms with Crippen molar-refractivity contribution < 1.29 is 4.79 Å². The van der Waals surface area contributed by atoms with E-state index in [0.717, 1.165) is 16.9 Å². The van der Waals surface area contributed by atoms with Gasteiger partial charge in [-0.15, -0.1) is 0 Å². The first-order valence-electron chi connectivity index (χ1n) is 7.14. The first-order chi connectivity index (χ1) is 10.5. The average molecular weight is 294 g/mol. The van der Waals surface area contributed by atoms with Gasteiger partial charge in [-0.05, 0) is 44.5 Å². The molecule has 0 aliphatic rings. The average Bonchev–Trinajstić information content (AvgIpc) is 2.94. The molecule has 0 radical (unpaired) electrons. The van der Waals surface area contributed by atoms with Crippen molar-refractivity contribution in [1.29, 1.82) is 0 Å². The third-order valence-corrected chi connectivity index (χ3v) is 3.71. The Morgan fingerprint density at radius 3 is 2.73 bits per heavy atom. The maximum atomic E-state index is 12.5. The van der Waals surface area contributed by atoms with Crippen molar-refractivity contribution in [3.05, 3.63) is 65.9 Å². The zero-order chi connectivity index (χ0) is 15.7. The highest BCUT2D eigenvalue weighted by molar-refractivity contribution is 5.94. The maximum absolute atomic E-state index is 12.5. The summed E-state index contributed by atoms with van der Waals surface area (Å²) in [5.74, 6) is -0.124. The molecular weight excluding hydrogens is 276 g/mol. The lowest BCUT2D eigenvalue weighted by atomic mass is 9.95. The molecule has 0 saturated heterocycles. The molecule has 0 spiro atoms. The number of hydrogen-bond acceptors (Lipinski definition) is 3. The summed E-state index contributed by atoms with van der Waals surface area (Å²) in [4.78, 5) is 21.0. The Hall–Kier alpha value is -2.69. The van der Waals surface area contributed by atoms with Crippen molar-refractivity contribution in [3.8, 4) is 0 Å². The van der Waals surface area contributed by atoms with Crippen LogP contribution < -0.4 is 5.32 Å². The van der Waals surface area contributed by atoms with Gasteiger partial charge in [-0.25, -0.2) is 4.98 Å². The molecule has 3 aromatic rings. The van der Waals surface area contributed by atoms with Crippen LogP contribution in [0.25, 0.3) is 5.65 Å². The summed E-state index contributed by atoms with van der Waals surface area (Å²) in [6.45, 7) is 5.87. The molecule has 0 fully saturated rings. The van der Waals surface area contributed by atoms with Gasteiger partial charge in [0, 0.05) is 30.5 Å². The zero-order valence-electron chi connectivity index (χ0n) is 12.9. The molecule has 0 saturated carbocycles. The SMILES string of the molecule is Cc1ccc(C(C)(C)NC(=O)c2ccc3nccn3c2)cn1. The number of aryl methyl sites for hydroxylation is 1. The van der Waals surface area contributed by atoms with Gasteiger partial charge >= 0.3 is 0 Å². The van der Waals surface area contributed by atoms with Crippen molar-refractivity contribution in [2.24, 2.45) is 0 Å². The second-order valence-electron chi connectivity index (χ2n) is 5.88. The number of imidazole rings is 1. The van der Waals surface area contributed by atoms with E-state index in [1.54, 1.807) is 24.7 Å². The van der Waals surface area contributed by atoms with Crippen molar-refractivity contribution in [1.82, 2.24) is 19.7 Å². The van der Waals surface area contributed by atoms with Crippen molar-refractivity contribution in [2.45, 2.75) is 26.3 Å². The van der Waals surface area contributed by atoms with E-state index in [0.29, 0.717) is 5.56 Å². The van der Waals surface area contributed by atoms with Gasteiger partial charge in [-0.1, -0.05) is 6.07 Å². The van der Waals surface area contributed by atoms with Crippen LogP contribution in [0.1, 0.15) is 35.5 Å². The van der Waals surface area contributed by atoms with E-state index in [9.17, 15) is 4.79 Å². The van der Waals surface area contributed by atoms with Crippen LogP contribution in [0.3, 0.4) is 0 Å². The minimum atomic E-state index is -0.498. The molecule has 0 unspecified atom stereocenters. The van der Waals surface area contributed by atoms with Gasteiger partial charge in [0.05, 0.1) is 11.1 Å². The van der Waals surface area contributed by atoms with E-state index in [1.807, 2.05) is 49.6 Å². The molecule has 0 aromatic carbocycles. The van der Waals surface area contributed by atoms with E-state index < -0.39 is 5.54 Å². The quantitative estimate of drug-likeness (QED) is 0.808. The van der Waals surface area contributed by atoms with E-state index in [1.165, 1.54) is 0 Å². The smallest absolute Gasteiger partial charge is 0.253 e. The number of nitrogens with one attached hydrogen (secondary N) is 1. The highest BCUT2D eigenvalue weighted by Crippen LogP contribution is 2.20. The van der Waals surface area contributed by atoms with Crippen LogP contribution in [-0.2, 0) is 5.54 Å². The number of hydrogen-bond donors (Lipinski definition) is 1. The van der Waals surface area contributed by atoms with Gasteiger partial charge in [0.1, 0.15) is 5.65 Å². The van der Waals surface area contributed by atoms with Crippen LogP contribution >= 0.6 is 0 Å². The number of pyridine rings is 2.